The number of hydrogen-bond donors (Lipinski definition) is 0. The smallest absolute Gasteiger partial charge is 0.253 e. The lowest BCUT2D eigenvalue weighted by atomic mass is 10.1. The van der Waals surface area contributed by atoms with E-state index in [0.29, 0.717) is 18.7 Å². The van der Waals surface area contributed by atoms with Crippen LogP contribution in [0, 0.1) is 12.7 Å². The molecule has 1 amide bonds. The van der Waals surface area contributed by atoms with Crippen LogP contribution in [0.25, 0.3) is 0 Å². The standard InChI is InChI=1S/C18H18BrFN2O/c1-13-12-16(6-7-17(13)19)21-8-10-22(11-9-21)18(23)14-2-4-15(20)5-3-14/h2-7,12H,8-11H2,1H3. The highest BCUT2D eigenvalue weighted by molar-refractivity contribution is 9.10. The molecule has 0 aliphatic carbocycles. The fraction of sp³-hybridized carbons (Fsp3) is 0.278. The first kappa shape index (κ1) is 16.0. The molecule has 1 fully saturated rings. The van der Waals surface area contributed by atoms with Crippen LogP contribution in [-0.2, 0) is 0 Å². The SMILES string of the molecule is Cc1cc(N2CCN(C(=O)c3ccc(F)cc3)CC2)ccc1Br. The Balaban J connectivity index is 1.64. The largest absolute Gasteiger partial charge is 0.368 e. The molecule has 1 aliphatic rings. The average molecular weight is 377 g/mol. The molecule has 0 atom stereocenters. The molecule has 0 saturated carbocycles. The van der Waals surface area contributed by atoms with E-state index in [4.69, 9.17) is 0 Å². The molecule has 2 aromatic rings. The summed E-state index contributed by atoms with van der Waals surface area (Å²) in [6.07, 6.45) is 0. The van der Waals surface area contributed by atoms with Gasteiger partial charge in [0, 0.05) is 41.9 Å². The zero-order chi connectivity index (χ0) is 16.4. The van der Waals surface area contributed by atoms with E-state index in [2.05, 4.69) is 46.0 Å². The molecule has 0 N–H and O–H groups in total. The average Bonchev–Trinajstić information content (AvgIpc) is 2.57. The number of benzene rings is 2. The van der Waals surface area contributed by atoms with Gasteiger partial charge in [-0.15, -0.1) is 0 Å². The molecule has 2 aromatic carbocycles. The number of carbonyl (C=O) groups is 1. The van der Waals surface area contributed by atoms with Crippen LogP contribution in [0.4, 0.5) is 10.1 Å². The monoisotopic (exact) mass is 376 g/mol. The Morgan fingerprint density at radius 1 is 1.04 bits per heavy atom. The summed E-state index contributed by atoms with van der Waals surface area (Å²) in [5, 5.41) is 0. The molecule has 1 aliphatic heterocycles. The second-order valence-electron chi connectivity index (χ2n) is 5.72. The summed E-state index contributed by atoms with van der Waals surface area (Å²) >= 11 is 3.51. The quantitative estimate of drug-likeness (QED) is 0.794. The lowest BCUT2D eigenvalue weighted by molar-refractivity contribution is 0.0746. The van der Waals surface area contributed by atoms with Gasteiger partial charge in [-0.05, 0) is 55.0 Å². The van der Waals surface area contributed by atoms with Crippen LogP contribution in [0.5, 0.6) is 0 Å². The lowest BCUT2D eigenvalue weighted by Crippen LogP contribution is -2.48. The van der Waals surface area contributed by atoms with Crippen molar-refractivity contribution < 1.29 is 9.18 Å². The van der Waals surface area contributed by atoms with Gasteiger partial charge in [0.15, 0.2) is 0 Å². The molecule has 5 heteroatoms. The van der Waals surface area contributed by atoms with Gasteiger partial charge in [0.25, 0.3) is 5.91 Å². The van der Waals surface area contributed by atoms with E-state index in [1.165, 1.54) is 23.4 Å². The van der Waals surface area contributed by atoms with Gasteiger partial charge in [-0.1, -0.05) is 15.9 Å². The minimum atomic E-state index is -0.322. The van der Waals surface area contributed by atoms with Crippen LogP contribution in [0.1, 0.15) is 15.9 Å². The highest BCUT2D eigenvalue weighted by Gasteiger charge is 2.22. The van der Waals surface area contributed by atoms with Crippen molar-refractivity contribution in [3.63, 3.8) is 0 Å². The molecule has 120 valence electrons. The van der Waals surface area contributed by atoms with Crippen LogP contribution >= 0.6 is 15.9 Å². The Morgan fingerprint density at radius 3 is 2.30 bits per heavy atom. The minimum absolute atomic E-state index is 0.0309. The fourth-order valence-electron chi connectivity index (χ4n) is 2.77. The first-order valence-electron chi connectivity index (χ1n) is 7.60. The van der Waals surface area contributed by atoms with Gasteiger partial charge < -0.3 is 9.80 Å². The number of carbonyl (C=O) groups excluding carboxylic acids is 1. The predicted octanol–water partition coefficient (Wildman–Crippen LogP) is 3.86. The molecule has 0 bridgehead atoms. The van der Waals surface area contributed by atoms with Crippen molar-refractivity contribution in [2.45, 2.75) is 6.92 Å². The summed E-state index contributed by atoms with van der Waals surface area (Å²) in [5.74, 6) is -0.353. The number of rotatable bonds is 2. The number of anilines is 1. The second kappa shape index (κ2) is 6.71. The number of aryl methyl sites for hydroxylation is 1. The number of halogens is 2. The molecule has 1 saturated heterocycles. The summed E-state index contributed by atoms with van der Waals surface area (Å²) in [7, 11) is 0. The van der Waals surface area contributed by atoms with Crippen LogP contribution in [0.15, 0.2) is 46.9 Å². The van der Waals surface area contributed by atoms with Gasteiger partial charge in [-0.25, -0.2) is 4.39 Å². The second-order valence-corrected chi connectivity index (χ2v) is 6.57. The van der Waals surface area contributed by atoms with Crippen LogP contribution in [0.2, 0.25) is 0 Å². The Hall–Kier alpha value is -1.88. The molecule has 3 nitrogen and oxygen atoms in total. The highest BCUT2D eigenvalue weighted by Crippen LogP contribution is 2.24. The Morgan fingerprint density at radius 2 is 1.70 bits per heavy atom. The number of amides is 1. The first-order chi connectivity index (χ1) is 11.0. The van der Waals surface area contributed by atoms with Crippen molar-refractivity contribution in [1.29, 1.82) is 0 Å². The third kappa shape index (κ3) is 3.55. The zero-order valence-corrected chi connectivity index (χ0v) is 14.5. The topological polar surface area (TPSA) is 23.6 Å². The van der Waals surface area contributed by atoms with Crippen LogP contribution in [0.3, 0.4) is 0 Å². The molecular weight excluding hydrogens is 359 g/mol. The maximum atomic E-state index is 13.0. The first-order valence-corrected chi connectivity index (χ1v) is 8.40. The lowest BCUT2D eigenvalue weighted by Gasteiger charge is -2.36. The fourth-order valence-corrected chi connectivity index (χ4v) is 3.01. The van der Waals surface area contributed by atoms with Crippen molar-refractivity contribution in [2.24, 2.45) is 0 Å². The Kier molecular flexibility index (Phi) is 4.66. The number of piperazine rings is 1. The van der Waals surface area contributed by atoms with Gasteiger partial charge in [-0.3, -0.25) is 4.79 Å². The van der Waals surface area contributed by atoms with E-state index >= 15 is 0 Å². The molecule has 0 aromatic heterocycles. The summed E-state index contributed by atoms with van der Waals surface area (Å²) < 4.78 is 14.1. The van der Waals surface area contributed by atoms with Gasteiger partial charge in [0.05, 0.1) is 0 Å². The molecule has 3 rings (SSSR count). The molecule has 23 heavy (non-hydrogen) atoms. The summed E-state index contributed by atoms with van der Waals surface area (Å²) in [6, 6.07) is 12.0. The van der Waals surface area contributed by atoms with E-state index in [1.54, 1.807) is 12.1 Å². The molecular formula is C18H18BrFN2O. The summed E-state index contributed by atoms with van der Waals surface area (Å²) in [5.41, 5.74) is 2.92. The number of nitrogens with zero attached hydrogens (tertiary/aromatic N) is 2. The third-order valence-electron chi connectivity index (χ3n) is 4.16. The van der Waals surface area contributed by atoms with E-state index in [1.807, 2.05) is 4.90 Å². The zero-order valence-electron chi connectivity index (χ0n) is 12.9. The summed E-state index contributed by atoms with van der Waals surface area (Å²) in [6.45, 7) is 5.01. The van der Waals surface area contributed by atoms with Crippen molar-refractivity contribution in [3.05, 3.63) is 63.9 Å². The Labute approximate surface area is 143 Å². The van der Waals surface area contributed by atoms with Crippen molar-refractivity contribution >= 4 is 27.5 Å². The van der Waals surface area contributed by atoms with E-state index in [-0.39, 0.29) is 11.7 Å². The maximum Gasteiger partial charge on any atom is 0.253 e. The van der Waals surface area contributed by atoms with E-state index < -0.39 is 0 Å². The molecule has 1 heterocycles. The maximum absolute atomic E-state index is 13.0. The van der Waals surface area contributed by atoms with Gasteiger partial charge in [-0.2, -0.15) is 0 Å². The van der Waals surface area contributed by atoms with Crippen molar-refractivity contribution in [1.82, 2.24) is 4.90 Å². The van der Waals surface area contributed by atoms with Crippen LogP contribution < -0.4 is 4.90 Å². The Bertz CT molecular complexity index is 709. The van der Waals surface area contributed by atoms with Crippen molar-refractivity contribution in [2.75, 3.05) is 31.1 Å². The number of hydrogen-bond acceptors (Lipinski definition) is 2. The van der Waals surface area contributed by atoms with E-state index in [9.17, 15) is 9.18 Å². The van der Waals surface area contributed by atoms with E-state index in [0.717, 1.165) is 17.6 Å². The summed E-state index contributed by atoms with van der Waals surface area (Å²) in [4.78, 5) is 16.5. The van der Waals surface area contributed by atoms with Gasteiger partial charge in [0.1, 0.15) is 5.82 Å². The van der Waals surface area contributed by atoms with Crippen LogP contribution in [-0.4, -0.2) is 37.0 Å². The van der Waals surface area contributed by atoms with Gasteiger partial charge >= 0.3 is 0 Å². The van der Waals surface area contributed by atoms with Gasteiger partial charge in [0.2, 0.25) is 0 Å². The molecule has 0 spiro atoms. The highest BCUT2D eigenvalue weighted by atomic mass is 79.9. The normalized spacial score (nSPS) is 14.9. The predicted molar refractivity (Wildman–Crippen MR) is 93.4 cm³/mol. The third-order valence-corrected chi connectivity index (χ3v) is 5.05. The molecule has 0 unspecified atom stereocenters. The minimum Gasteiger partial charge on any atom is -0.368 e. The van der Waals surface area contributed by atoms with Crippen molar-refractivity contribution in [3.8, 4) is 0 Å². The molecule has 0 radical (unpaired) electrons.